The van der Waals surface area contributed by atoms with E-state index >= 15 is 0 Å². The average molecular weight is 519 g/mol. The lowest BCUT2D eigenvalue weighted by molar-refractivity contribution is -0.154. The topological polar surface area (TPSA) is 87.2 Å². The standard InChI is InChI=1S/C28H42N2O5S/c1-5-11-19(4)29-14-10-13-28-23(22-21(36-28)12-8-6-7-9-15-35-27(22)34)25(32)30(24(28)26(29)33)20(17-31)16-18(2)3/h8,10,12-13,18-24,31H,5-7,9,11,14-17H2,1-4H3/b12-8-/t19?,20-,21+,22-,23+,24?,28+/m1/s1. The summed E-state index contributed by atoms with van der Waals surface area (Å²) >= 11 is 1.57. The largest absolute Gasteiger partial charge is 0.465 e. The number of thioether (sulfide) groups is 1. The molecular weight excluding hydrogens is 476 g/mol. The lowest BCUT2D eigenvalue weighted by atomic mass is 9.78. The van der Waals surface area contributed by atoms with E-state index in [1.165, 1.54) is 0 Å². The van der Waals surface area contributed by atoms with Crippen molar-refractivity contribution in [2.75, 3.05) is 19.8 Å². The second-order valence-electron chi connectivity index (χ2n) is 11.2. The van der Waals surface area contributed by atoms with Crippen LogP contribution in [0, 0.1) is 17.8 Å². The number of fused-ring (bicyclic) bond motifs is 2. The maximum absolute atomic E-state index is 14.3. The first kappa shape index (κ1) is 27.2. The van der Waals surface area contributed by atoms with Crippen molar-refractivity contribution >= 4 is 29.5 Å². The van der Waals surface area contributed by atoms with Crippen LogP contribution < -0.4 is 0 Å². The SMILES string of the molecule is CCCC(C)N1CC=C[C@]23S[C@H]4/C=C\CCCCOC(=O)[C@H]4[C@H]2C(=O)N([C@@H](CO)CC(C)C)C3C1=O. The van der Waals surface area contributed by atoms with E-state index in [9.17, 15) is 19.5 Å². The number of aliphatic hydroxyl groups is 1. The summed E-state index contributed by atoms with van der Waals surface area (Å²) < 4.78 is 4.81. The minimum absolute atomic E-state index is 0.0351. The predicted molar refractivity (Wildman–Crippen MR) is 141 cm³/mol. The fourth-order valence-electron chi connectivity index (χ4n) is 6.56. The molecule has 200 valence electrons. The van der Waals surface area contributed by atoms with E-state index in [-0.39, 0.29) is 41.6 Å². The molecule has 4 aliphatic heterocycles. The third-order valence-corrected chi connectivity index (χ3v) is 9.90. The van der Waals surface area contributed by atoms with E-state index in [1.807, 2.05) is 17.1 Å². The van der Waals surface area contributed by atoms with E-state index in [0.29, 0.717) is 19.6 Å². The van der Waals surface area contributed by atoms with Crippen LogP contribution in [0.4, 0.5) is 0 Å². The molecule has 8 heteroatoms. The Bertz CT molecular complexity index is 904. The third kappa shape index (κ3) is 4.75. The Labute approximate surface area is 219 Å². The highest BCUT2D eigenvalue weighted by molar-refractivity contribution is 8.02. The third-order valence-electron chi connectivity index (χ3n) is 8.16. The Balaban J connectivity index is 1.83. The van der Waals surface area contributed by atoms with Gasteiger partial charge in [0.1, 0.15) is 6.04 Å². The molecule has 2 unspecified atom stereocenters. The molecule has 2 fully saturated rings. The number of hydrogen-bond acceptors (Lipinski definition) is 6. The predicted octanol–water partition coefficient (Wildman–Crippen LogP) is 3.56. The van der Waals surface area contributed by atoms with Crippen molar-refractivity contribution in [2.24, 2.45) is 17.8 Å². The van der Waals surface area contributed by atoms with Gasteiger partial charge < -0.3 is 19.6 Å². The summed E-state index contributed by atoms with van der Waals surface area (Å²) in [6, 6.07) is -1.20. The summed E-state index contributed by atoms with van der Waals surface area (Å²) in [5.74, 6) is -1.74. The fourth-order valence-corrected chi connectivity index (χ4v) is 8.55. The number of carbonyl (C=O) groups is 3. The number of nitrogens with zero attached hydrogens (tertiary/aromatic N) is 2. The lowest BCUT2D eigenvalue weighted by Gasteiger charge is -2.40. The van der Waals surface area contributed by atoms with Crippen molar-refractivity contribution in [2.45, 2.75) is 94.3 Å². The number of carbonyl (C=O) groups excluding carboxylic acids is 3. The van der Waals surface area contributed by atoms with Crippen LogP contribution in [0.1, 0.15) is 66.2 Å². The summed E-state index contributed by atoms with van der Waals surface area (Å²) in [7, 11) is 0. The summed E-state index contributed by atoms with van der Waals surface area (Å²) in [6.45, 7) is 8.90. The first-order valence-electron chi connectivity index (χ1n) is 13.7. The van der Waals surface area contributed by atoms with Gasteiger partial charge in [0.15, 0.2) is 0 Å². The average Bonchev–Trinajstić information content (AvgIpc) is 3.22. The Morgan fingerprint density at radius 3 is 2.64 bits per heavy atom. The van der Waals surface area contributed by atoms with Crippen LogP contribution in [0.15, 0.2) is 24.3 Å². The second-order valence-corrected chi connectivity index (χ2v) is 12.7. The first-order valence-corrected chi connectivity index (χ1v) is 14.6. The minimum Gasteiger partial charge on any atom is -0.465 e. The Morgan fingerprint density at radius 1 is 1.17 bits per heavy atom. The number of esters is 1. The monoisotopic (exact) mass is 518 g/mol. The molecular formula is C28H42N2O5S. The van der Waals surface area contributed by atoms with Crippen molar-refractivity contribution in [3.05, 3.63) is 24.3 Å². The van der Waals surface area contributed by atoms with Gasteiger partial charge in [0.2, 0.25) is 11.8 Å². The zero-order chi connectivity index (χ0) is 26.0. The van der Waals surface area contributed by atoms with Crippen molar-refractivity contribution in [3.8, 4) is 0 Å². The van der Waals surface area contributed by atoms with Gasteiger partial charge in [-0.1, -0.05) is 51.5 Å². The van der Waals surface area contributed by atoms with Gasteiger partial charge in [0.05, 0.1) is 35.8 Å². The number of rotatable bonds is 7. The molecule has 0 aromatic carbocycles. The molecule has 0 radical (unpaired) electrons. The highest BCUT2D eigenvalue weighted by Crippen LogP contribution is 2.61. The summed E-state index contributed by atoms with van der Waals surface area (Å²) in [4.78, 5) is 45.6. The zero-order valence-corrected chi connectivity index (χ0v) is 22.9. The summed E-state index contributed by atoms with van der Waals surface area (Å²) in [5, 5.41) is 10.2. The fraction of sp³-hybridized carbons (Fsp3) is 0.750. The normalized spacial score (nSPS) is 35.1. The van der Waals surface area contributed by atoms with Crippen LogP contribution in [-0.2, 0) is 19.1 Å². The highest BCUT2D eigenvalue weighted by Gasteiger charge is 2.71. The Kier molecular flexibility index (Phi) is 8.55. The molecule has 4 aliphatic rings. The van der Waals surface area contributed by atoms with Crippen molar-refractivity contribution in [1.29, 1.82) is 0 Å². The van der Waals surface area contributed by atoms with Crippen LogP contribution in [0.3, 0.4) is 0 Å². The molecule has 2 saturated heterocycles. The van der Waals surface area contributed by atoms with E-state index in [2.05, 4.69) is 39.8 Å². The molecule has 7 nitrogen and oxygen atoms in total. The van der Waals surface area contributed by atoms with Gasteiger partial charge in [-0.05, 0) is 44.9 Å². The number of ether oxygens (including phenoxy) is 1. The molecule has 0 saturated carbocycles. The van der Waals surface area contributed by atoms with E-state index in [1.54, 1.807) is 16.7 Å². The maximum atomic E-state index is 14.3. The van der Waals surface area contributed by atoms with Gasteiger partial charge >= 0.3 is 5.97 Å². The number of amides is 2. The minimum atomic E-state index is -0.869. The van der Waals surface area contributed by atoms with Gasteiger partial charge in [-0.3, -0.25) is 14.4 Å². The van der Waals surface area contributed by atoms with Crippen LogP contribution in [-0.4, -0.2) is 80.6 Å². The van der Waals surface area contributed by atoms with E-state index in [4.69, 9.17) is 4.74 Å². The van der Waals surface area contributed by atoms with Crippen molar-refractivity contribution in [1.82, 2.24) is 9.80 Å². The van der Waals surface area contributed by atoms with Crippen molar-refractivity contribution < 1.29 is 24.2 Å². The second kappa shape index (κ2) is 11.3. The lowest BCUT2D eigenvalue weighted by Crippen LogP contribution is -2.58. The number of allylic oxidation sites excluding steroid dienone is 1. The van der Waals surface area contributed by atoms with E-state index in [0.717, 1.165) is 32.1 Å². The van der Waals surface area contributed by atoms with Crippen molar-refractivity contribution in [3.63, 3.8) is 0 Å². The van der Waals surface area contributed by atoms with Gasteiger partial charge in [-0.25, -0.2) is 0 Å². The summed E-state index contributed by atoms with van der Waals surface area (Å²) in [5.41, 5.74) is 0. The van der Waals surface area contributed by atoms with Crippen LogP contribution in [0.2, 0.25) is 0 Å². The molecule has 1 N–H and O–H groups in total. The number of cyclic esters (lactones) is 1. The highest BCUT2D eigenvalue weighted by atomic mass is 32.2. The quantitative estimate of drug-likeness (QED) is 0.410. The first-order chi connectivity index (χ1) is 17.3. The molecule has 36 heavy (non-hydrogen) atoms. The molecule has 0 aromatic rings. The maximum Gasteiger partial charge on any atom is 0.311 e. The number of hydrogen-bond donors (Lipinski definition) is 1. The van der Waals surface area contributed by atoms with Gasteiger partial charge in [0, 0.05) is 17.8 Å². The summed E-state index contributed by atoms with van der Waals surface area (Å²) in [6.07, 6.45) is 13.3. The molecule has 0 aliphatic carbocycles. The van der Waals surface area contributed by atoms with E-state index < -0.39 is 28.7 Å². The van der Waals surface area contributed by atoms with Crippen LogP contribution in [0.25, 0.3) is 0 Å². The smallest absolute Gasteiger partial charge is 0.311 e. The van der Waals surface area contributed by atoms with Crippen LogP contribution in [0.5, 0.6) is 0 Å². The molecule has 4 heterocycles. The Morgan fingerprint density at radius 2 is 1.94 bits per heavy atom. The van der Waals surface area contributed by atoms with Gasteiger partial charge in [-0.15, -0.1) is 11.8 Å². The van der Waals surface area contributed by atoms with Crippen LogP contribution >= 0.6 is 11.8 Å². The zero-order valence-electron chi connectivity index (χ0n) is 22.1. The van der Waals surface area contributed by atoms with Gasteiger partial charge in [-0.2, -0.15) is 0 Å². The molecule has 2 amide bonds. The number of likely N-dealkylation sites (tertiary alicyclic amines) is 1. The molecule has 4 rings (SSSR count). The number of aliphatic hydroxyl groups excluding tert-OH is 1. The Hall–Kier alpha value is -1.80. The van der Waals surface area contributed by atoms with Gasteiger partial charge in [0.25, 0.3) is 0 Å². The molecule has 0 aromatic heterocycles. The molecule has 0 bridgehead atoms. The molecule has 7 atom stereocenters. The molecule has 1 spiro atoms.